The Hall–Kier alpha value is -0.570. The maximum absolute atomic E-state index is 12.5. The maximum atomic E-state index is 12.5. The molecule has 1 aliphatic rings. The molecule has 0 aromatic carbocycles. The lowest BCUT2D eigenvalue weighted by atomic mass is 9.84. The van der Waals surface area contributed by atoms with Gasteiger partial charge < -0.3 is 10.6 Å². The van der Waals surface area contributed by atoms with Gasteiger partial charge >= 0.3 is 0 Å². The summed E-state index contributed by atoms with van der Waals surface area (Å²) in [7, 11) is 0. The summed E-state index contributed by atoms with van der Waals surface area (Å²) in [6, 6.07) is 0.353. The van der Waals surface area contributed by atoms with Crippen LogP contribution < -0.4 is 5.73 Å². The van der Waals surface area contributed by atoms with Crippen molar-refractivity contribution in [1.82, 2.24) is 4.90 Å². The Kier molecular flexibility index (Phi) is 4.99. The molecule has 1 aliphatic heterocycles. The quantitative estimate of drug-likeness (QED) is 0.821. The first-order valence-electron chi connectivity index (χ1n) is 6.89. The molecule has 0 saturated carbocycles. The number of hydrogen-bond acceptors (Lipinski definition) is 2. The molecule has 1 fully saturated rings. The minimum absolute atomic E-state index is 0.0186. The topological polar surface area (TPSA) is 46.3 Å². The molecule has 0 bridgehead atoms. The standard InChI is InChI=1S/C14H28N2O/c1-9(2)13(7-15)14(17)16-8-10(3)6-11(4)12(16)5/h9-13H,6-8,15H2,1-5H3. The lowest BCUT2D eigenvalue weighted by molar-refractivity contribution is -0.142. The molecule has 3 nitrogen and oxygen atoms in total. The largest absolute Gasteiger partial charge is 0.339 e. The summed E-state index contributed by atoms with van der Waals surface area (Å²) in [5, 5.41) is 0. The number of hydrogen-bond donors (Lipinski definition) is 1. The van der Waals surface area contributed by atoms with E-state index >= 15 is 0 Å². The van der Waals surface area contributed by atoms with Crippen molar-refractivity contribution in [2.24, 2.45) is 29.4 Å². The molecule has 1 amide bonds. The zero-order valence-corrected chi connectivity index (χ0v) is 11.9. The molecule has 0 aromatic heterocycles. The van der Waals surface area contributed by atoms with E-state index < -0.39 is 0 Å². The van der Waals surface area contributed by atoms with Crippen molar-refractivity contribution in [3.8, 4) is 0 Å². The minimum atomic E-state index is -0.0186. The number of amides is 1. The first-order valence-corrected chi connectivity index (χ1v) is 6.89. The number of likely N-dealkylation sites (tertiary alicyclic amines) is 1. The van der Waals surface area contributed by atoms with Crippen LogP contribution in [0.15, 0.2) is 0 Å². The highest BCUT2D eigenvalue weighted by molar-refractivity contribution is 5.79. The van der Waals surface area contributed by atoms with Crippen molar-refractivity contribution in [1.29, 1.82) is 0 Å². The van der Waals surface area contributed by atoms with Crippen LogP contribution in [0, 0.1) is 23.7 Å². The highest BCUT2D eigenvalue weighted by Gasteiger charge is 2.35. The van der Waals surface area contributed by atoms with E-state index in [1.807, 2.05) is 0 Å². The van der Waals surface area contributed by atoms with Gasteiger partial charge in [-0.25, -0.2) is 0 Å². The Bertz CT molecular complexity index is 265. The number of nitrogens with two attached hydrogens (primary N) is 1. The van der Waals surface area contributed by atoms with Gasteiger partial charge in [0.1, 0.15) is 0 Å². The van der Waals surface area contributed by atoms with E-state index in [0.717, 1.165) is 6.54 Å². The van der Waals surface area contributed by atoms with E-state index in [0.29, 0.717) is 30.3 Å². The average Bonchev–Trinajstić information content (AvgIpc) is 2.23. The van der Waals surface area contributed by atoms with E-state index in [-0.39, 0.29) is 11.8 Å². The zero-order valence-electron chi connectivity index (χ0n) is 11.9. The average molecular weight is 240 g/mol. The fourth-order valence-electron chi connectivity index (χ4n) is 2.88. The van der Waals surface area contributed by atoms with Gasteiger partial charge in [0.15, 0.2) is 0 Å². The van der Waals surface area contributed by atoms with Gasteiger partial charge in [0.25, 0.3) is 0 Å². The van der Waals surface area contributed by atoms with Gasteiger partial charge in [-0.3, -0.25) is 4.79 Å². The molecular formula is C14H28N2O. The number of carbonyl (C=O) groups excluding carboxylic acids is 1. The molecule has 2 N–H and O–H groups in total. The summed E-state index contributed by atoms with van der Waals surface area (Å²) in [5.74, 6) is 1.76. The van der Waals surface area contributed by atoms with Crippen LogP contribution >= 0.6 is 0 Å². The molecule has 4 unspecified atom stereocenters. The van der Waals surface area contributed by atoms with Gasteiger partial charge in [-0.05, 0) is 31.1 Å². The van der Waals surface area contributed by atoms with Crippen LogP contribution in [0.2, 0.25) is 0 Å². The number of nitrogens with zero attached hydrogens (tertiary/aromatic N) is 1. The predicted molar refractivity (Wildman–Crippen MR) is 71.5 cm³/mol. The zero-order chi connectivity index (χ0) is 13.2. The Morgan fingerprint density at radius 3 is 2.41 bits per heavy atom. The third-order valence-electron chi connectivity index (χ3n) is 4.26. The molecule has 0 aliphatic carbocycles. The van der Waals surface area contributed by atoms with Gasteiger partial charge in [-0.1, -0.05) is 27.7 Å². The molecule has 0 aromatic rings. The molecule has 100 valence electrons. The Morgan fingerprint density at radius 1 is 1.35 bits per heavy atom. The van der Waals surface area contributed by atoms with E-state index in [4.69, 9.17) is 5.73 Å². The first kappa shape index (κ1) is 14.5. The van der Waals surface area contributed by atoms with Gasteiger partial charge in [0.05, 0.1) is 5.92 Å². The smallest absolute Gasteiger partial charge is 0.227 e. The lowest BCUT2D eigenvalue weighted by Gasteiger charge is -2.43. The van der Waals surface area contributed by atoms with E-state index in [1.54, 1.807) is 0 Å². The van der Waals surface area contributed by atoms with E-state index in [9.17, 15) is 4.79 Å². The monoisotopic (exact) mass is 240 g/mol. The van der Waals surface area contributed by atoms with Crippen LogP contribution in [-0.2, 0) is 4.79 Å². The summed E-state index contributed by atoms with van der Waals surface area (Å²) < 4.78 is 0. The summed E-state index contributed by atoms with van der Waals surface area (Å²) >= 11 is 0. The second-order valence-corrected chi connectivity index (χ2v) is 6.14. The summed E-state index contributed by atoms with van der Waals surface area (Å²) in [6.45, 7) is 12.2. The summed E-state index contributed by atoms with van der Waals surface area (Å²) in [5.41, 5.74) is 5.75. The van der Waals surface area contributed by atoms with Crippen LogP contribution in [0.1, 0.15) is 41.0 Å². The van der Waals surface area contributed by atoms with Crippen LogP contribution in [0.4, 0.5) is 0 Å². The minimum Gasteiger partial charge on any atom is -0.339 e. The van der Waals surface area contributed by atoms with Crippen LogP contribution in [0.25, 0.3) is 0 Å². The van der Waals surface area contributed by atoms with Gasteiger partial charge in [0, 0.05) is 19.1 Å². The van der Waals surface area contributed by atoms with Gasteiger partial charge in [-0.2, -0.15) is 0 Å². The molecule has 1 heterocycles. The molecule has 0 radical (unpaired) electrons. The molecule has 1 saturated heterocycles. The predicted octanol–water partition coefficient (Wildman–Crippen LogP) is 2.11. The molecule has 4 atom stereocenters. The van der Waals surface area contributed by atoms with Crippen molar-refractivity contribution in [2.75, 3.05) is 13.1 Å². The Labute approximate surface area is 106 Å². The summed E-state index contributed by atoms with van der Waals surface area (Å²) in [4.78, 5) is 14.6. The fourth-order valence-corrected chi connectivity index (χ4v) is 2.88. The third-order valence-corrected chi connectivity index (χ3v) is 4.26. The highest BCUT2D eigenvalue weighted by Crippen LogP contribution is 2.29. The number of piperidine rings is 1. The third kappa shape index (κ3) is 3.21. The number of carbonyl (C=O) groups is 1. The summed E-state index contributed by atoms with van der Waals surface area (Å²) in [6.07, 6.45) is 1.22. The van der Waals surface area contributed by atoms with Crippen LogP contribution in [-0.4, -0.2) is 29.9 Å². The Balaban J connectivity index is 2.79. The fraction of sp³-hybridized carbons (Fsp3) is 0.929. The van der Waals surface area contributed by atoms with Crippen molar-refractivity contribution in [2.45, 2.75) is 47.1 Å². The lowest BCUT2D eigenvalue weighted by Crippen LogP contribution is -2.52. The van der Waals surface area contributed by atoms with Crippen LogP contribution in [0.5, 0.6) is 0 Å². The number of rotatable bonds is 3. The normalized spacial score (nSPS) is 31.7. The second-order valence-electron chi connectivity index (χ2n) is 6.14. The van der Waals surface area contributed by atoms with Crippen molar-refractivity contribution in [3.63, 3.8) is 0 Å². The molecule has 1 rings (SSSR count). The van der Waals surface area contributed by atoms with Gasteiger partial charge in [-0.15, -0.1) is 0 Å². The van der Waals surface area contributed by atoms with Crippen molar-refractivity contribution < 1.29 is 4.79 Å². The SMILES string of the molecule is CC1CC(C)C(C)N(C(=O)C(CN)C(C)C)C1. The molecule has 17 heavy (non-hydrogen) atoms. The highest BCUT2D eigenvalue weighted by atomic mass is 16.2. The first-order chi connectivity index (χ1) is 7.88. The maximum Gasteiger partial charge on any atom is 0.227 e. The van der Waals surface area contributed by atoms with Crippen molar-refractivity contribution in [3.05, 3.63) is 0 Å². The second kappa shape index (κ2) is 5.85. The van der Waals surface area contributed by atoms with Crippen molar-refractivity contribution >= 4 is 5.91 Å². The van der Waals surface area contributed by atoms with Crippen LogP contribution in [0.3, 0.4) is 0 Å². The molecular weight excluding hydrogens is 212 g/mol. The molecule has 0 spiro atoms. The Morgan fingerprint density at radius 2 is 1.94 bits per heavy atom. The van der Waals surface area contributed by atoms with E-state index in [1.165, 1.54) is 6.42 Å². The molecule has 3 heteroatoms. The van der Waals surface area contributed by atoms with E-state index in [2.05, 4.69) is 39.5 Å². The van der Waals surface area contributed by atoms with Gasteiger partial charge in [0.2, 0.25) is 5.91 Å².